The minimum Gasteiger partial charge on any atom is -0.484 e. The van der Waals surface area contributed by atoms with E-state index in [4.69, 9.17) is 4.74 Å². The van der Waals surface area contributed by atoms with E-state index in [0.29, 0.717) is 0 Å². The van der Waals surface area contributed by atoms with Crippen LogP contribution in [0.1, 0.15) is 12.5 Å². The Hall–Kier alpha value is -0.670. The van der Waals surface area contributed by atoms with Crippen LogP contribution in [0.5, 0.6) is 5.06 Å². The quantitative estimate of drug-likeness (QED) is 0.761. The molecule has 0 spiro atoms. The van der Waals surface area contributed by atoms with Crippen molar-refractivity contribution in [2.75, 3.05) is 6.61 Å². The van der Waals surface area contributed by atoms with Crippen LogP contribution in [-0.4, -0.2) is 6.61 Å². The topological polar surface area (TPSA) is 9.23 Å². The molecule has 14 heavy (non-hydrogen) atoms. The minimum atomic E-state index is 0.724. The fourth-order valence-corrected chi connectivity index (χ4v) is 2.91. The van der Waals surface area contributed by atoms with E-state index in [2.05, 4.69) is 31.7 Å². The molecule has 1 heterocycles. The number of rotatable bonds is 2. The number of fused-ring (bicyclic) bond motifs is 1. The van der Waals surface area contributed by atoms with Crippen LogP contribution in [0.4, 0.5) is 0 Å². The van der Waals surface area contributed by atoms with E-state index >= 15 is 0 Å². The first-order valence-electron chi connectivity index (χ1n) is 4.57. The third kappa shape index (κ3) is 1.62. The van der Waals surface area contributed by atoms with E-state index in [1.165, 1.54) is 15.6 Å². The number of hydrogen-bond donors (Lipinski definition) is 1. The Balaban J connectivity index is 2.61. The first-order valence-corrected chi connectivity index (χ1v) is 5.83. The van der Waals surface area contributed by atoms with E-state index in [-0.39, 0.29) is 0 Å². The van der Waals surface area contributed by atoms with Gasteiger partial charge in [-0.05, 0) is 31.4 Å². The lowest BCUT2D eigenvalue weighted by Crippen LogP contribution is -1.89. The molecule has 0 atom stereocenters. The zero-order valence-corrected chi connectivity index (χ0v) is 9.91. The fraction of sp³-hybridized carbons (Fsp3) is 0.273. The van der Waals surface area contributed by atoms with Gasteiger partial charge in [-0.15, -0.1) is 12.6 Å². The molecule has 0 fully saturated rings. The Bertz CT molecular complexity index is 460. The molecule has 0 aliphatic rings. The number of hydrogen-bond acceptors (Lipinski definition) is 3. The Morgan fingerprint density at radius 3 is 2.93 bits per heavy atom. The highest BCUT2D eigenvalue weighted by molar-refractivity contribution is 7.80. The smallest absolute Gasteiger partial charge is 0.177 e. The molecule has 0 amide bonds. The maximum atomic E-state index is 5.56. The van der Waals surface area contributed by atoms with Gasteiger partial charge < -0.3 is 4.74 Å². The average Bonchev–Trinajstić information content (AvgIpc) is 2.44. The van der Waals surface area contributed by atoms with Crippen LogP contribution in [0, 0.1) is 6.92 Å². The summed E-state index contributed by atoms with van der Waals surface area (Å²) >= 11 is 6.01. The maximum absolute atomic E-state index is 5.56. The van der Waals surface area contributed by atoms with Gasteiger partial charge in [-0.1, -0.05) is 17.4 Å². The summed E-state index contributed by atoms with van der Waals surface area (Å²) in [5.74, 6) is 0. The normalized spacial score (nSPS) is 10.8. The van der Waals surface area contributed by atoms with Gasteiger partial charge in [-0.25, -0.2) is 0 Å². The van der Waals surface area contributed by atoms with Crippen LogP contribution in [0.15, 0.2) is 23.1 Å². The van der Waals surface area contributed by atoms with Crippen molar-refractivity contribution in [3.05, 3.63) is 23.8 Å². The minimum absolute atomic E-state index is 0.724. The lowest BCUT2D eigenvalue weighted by Gasteiger charge is -1.98. The summed E-state index contributed by atoms with van der Waals surface area (Å²) in [6.45, 7) is 4.83. The van der Waals surface area contributed by atoms with Crippen molar-refractivity contribution in [1.82, 2.24) is 0 Å². The molecule has 74 valence electrons. The maximum Gasteiger partial charge on any atom is 0.177 e. The van der Waals surface area contributed by atoms with Gasteiger partial charge in [0.05, 0.1) is 6.61 Å². The van der Waals surface area contributed by atoms with Crippen LogP contribution in [-0.2, 0) is 0 Å². The number of thiophene rings is 1. The Morgan fingerprint density at radius 2 is 2.21 bits per heavy atom. The fourth-order valence-electron chi connectivity index (χ4n) is 1.46. The summed E-state index contributed by atoms with van der Waals surface area (Å²) in [7, 11) is 0. The summed E-state index contributed by atoms with van der Waals surface area (Å²) in [6.07, 6.45) is 0. The molecule has 1 aromatic heterocycles. The van der Waals surface area contributed by atoms with Crippen molar-refractivity contribution in [3.63, 3.8) is 0 Å². The number of thiol groups is 1. The van der Waals surface area contributed by atoms with Gasteiger partial charge in [-0.3, -0.25) is 0 Å². The van der Waals surface area contributed by atoms with Crippen molar-refractivity contribution < 1.29 is 4.74 Å². The van der Waals surface area contributed by atoms with Crippen molar-refractivity contribution in [3.8, 4) is 5.06 Å². The summed E-state index contributed by atoms with van der Waals surface area (Å²) in [5.41, 5.74) is 1.24. The second kappa shape index (κ2) is 3.83. The first-order chi connectivity index (χ1) is 6.72. The zero-order valence-electron chi connectivity index (χ0n) is 8.20. The highest BCUT2D eigenvalue weighted by Gasteiger charge is 2.08. The molecule has 0 unspecified atom stereocenters. The van der Waals surface area contributed by atoms with Gasteiger partial charge in [0.2, 0.25) is 0 Å². The molecule has 0 saturated carbocycles. The second-order valence-corrected chi connectivity index (χ2v) is 4.66. The molecule has 3 heteroatoms. The molecular weight excluding hydrogens is 212 g/mol. The van der Waals surface area contributed by atoms with Crippen molar-refractivity contribution >= 4 is 34.1 Å². The predicted octanol–water partition coefficient (Wildman–Crippen LogP) is 3.90. The third-order valence-electron chi connectivity index (χ3n) is 2.15. The van der Waals surface area contributed by atoms with Gasteiger partial charge in [0.15, 0.2) is 5.06 Å². The van der Waals surface area contributed by atoms with Crippen molar-refractivity contribution in [2.45, 2.75) is 18.7 Å². The molecule has 0 bridgehead atoms. The summed E-state index contributed by atoms with van der Waals surface area (Å²) < 4.78 is 6.80. The molecular formula is C11H12OS2. The van der Waals surface area contributed by atoms with E-state index in [9.17, 15) is 0 Å². The highest BCUT2D eigenvalue weighted by atomic mass is 32.1. The summed E-state index contributed by atoms with van der Waals surface area (Å²) in [6, 6.07) is 6.20. The molecule has 0 N–H and O–H groups in total. The van der Waals surface area contributed by atoms with Gasteiger partial charge in [0.1, 0.15) is 0 Å². The molecule has 2 rings (SSSR count). The lowest BCUT2D eigenvalue weighted by molar-refractivity contribution is 0.348. The van der Waals surface area contributed by atoms with Crippen LogP contribution >= 0.6 is 24.0 Å². The molecule has 2 aromatic rings. The van der Waals surface area contributed by atoms with Gasteiger partial charge in [0, 0.05) is 15.2 Å². The first kappa shape index (κ1) is 9.87. The number of ether oxygens (including phenoxy) is 1. The van der Waals surface area contributed by atoms with Crippen LogP contribution in [0.3, 0.4) is 0 Å². The molecule has 1 aromatic carbocycles. The second-order valence-electron chi connectivity index (χ2n) is 3.13. The van der Waals surface area contributed by atoms with E-state index < -0.39 is 0 Å². The molecule has 0 radical (unpaired) electrons. The predicted molar refractivity (Wildman–Crippen MR) is 65.0 cm³/mol. The molecule has 0 aliphatic carbocycles. The zero-order chi connectivity index (χ0) is 10.1. The lowest BCUT2D eigenvalue weighted by atomic mass is 10.2. The summed E-state index contributed by atoms with van der Waals surface area (Å²) in [4.78, 5) is 1.00. The molecule has 1 nitrogen and oxygen atoms in total. The van der Waals surface area contributed by atoms with Crippen molar-refractivity contribution in [1.29, 1.82) is 0 Å². The summed E-state index contributed by atoms with van der Waals surface area (Å²) in [5, 5.41) is 2.30. The van der Waals surface area contributed by atoms with Gasteiger partial charge in [-0.2, -0.15) is 0 Å². The van der Waals surface area contributed by atoms with Crippen molar-refractivity contribution in [2.24, 2.45) is 0 Å². The molecule has 0 aliphatic heterocycles. The number of benzene rings is 1. The van der Waals surface area contributed by atoms with E-state index in [1.807, 2.05) is 13.0 Å². The molecule has 0 saturated heterocycles. The van der Waals surface area contributed by atoms with Crippen LogP contribution in [0.2, 0.25) is 0 Å². The Kier molecular flexibility index (Phi) is 2.70. The van der Waals surface area contributed by atoms with Crippen LogP contribution in [0.25, 0.3) is 10.1 Å². The Morgan fingerprint density at radius 1 is 1.43 bits per heavy atom. The van der Waals surface area contributed by atoms with Crippen LogP contribution < -0.4 is 4.74 Å². The number of aryl methyl sites for hydroxylation is 1. The third-order valence-corrected chi connectivity index (χ3v) is 3.60. The average molecular weight is 224 g/mol. The largest absolute Gasteiger partial charge is 0.484 e. The Labute approximate surface area is 93.1 Å². The highest BCUT2D eigenvalue weighted by Crippen LogP contribution is 2.37. The van der Waals surface area contributed by atoms with E-state index in [0.717, 1.165) is 16.6 Å². The van der Waals surface area contributed by atoms with Gasteiger partial charge in [0.25, 0.3) is 0 Å². The monoisotopic (exact) mass is 224 g/mol. The SMILES string of the molecule is CCOc1sc2cc(S)ccc2c1C. The van der Waals surface area contributed by atoms with Gasteiger partial charge >= 0.3 is 0 Å². The standard InChI is InChI=1S/C11H12OS2/c1-3-12-11-7(2)9-5-4-8(13)6-10(9)14-11/h4-6,13H,3H2,1-2H3. The van der Waals surface area contributed by atoms with E-state index in [1.54, 1.807) is 11.3 Å².